The van der Waals surface area contributed by atoms with E-state index in [2.05, 4.69) is 27.7 Å². The third-order valence-electron chi connectivity index (χ3n) is 11.3. The molecule has 4 aliphatic carbocycles. The molecule has 0 bridgehead atoms. The summed E-state index contributed by atoms with van der Waals surface area (Å²) in [5, 5.41) is 11.7. The molecule has 31 heavy (non-hydrogen) atoms. The lowest BCUT2D eigenvalue weighted by atomic mass is 9.45. The molecule has 172 valence electrons. The number of aliphatic hydroxyl groups is 1. The average molecular weight is 429 g/mol. The van der Waals surface area contributed by atoms with Gasteiger partial charge in [-0.1, -0.05) is 33.3 Å². The van der Waals surface area contributed by atoms with Gasteiger partial charge in [-0.2, -0.15) is 0 Å². The van der Waals surface area contributed by atoms with Gasteiger partial charge in [0.05, 0.1) is 18.8 Å². The molecule has 5 fully saturated rings. The van der Waals surface area contributed by atoms with Crippen LogP contribution in [0, 0.1) is 46.3 Å². The maximum atomic E-state index is 12.1. The molecule has 0 aromatic carbocycles. The fourth-order valence-corrected chi connectivity index (χ4v) is 9.52. The molecule has 2 saturated heterocycles. The smallest absolute Gasteiger partial charge is 0.171 e. The maximum Gasteiger partial charge on any atom is 0.171 e. The van der Waals surface area contributed by atoms with Crippen molar-refractivity contribution in [3.05, 3.63) is 11.6 Å². The Kier molecular flexibility index (Phi) is 4.49. The number of ether oxygens (including phenoxy) is 2. The Morgan fingerprint density at radius 1 is 1.06 bits per heavy atom. The Labute approximate surface area is 187 Å². The molecule has 0 aromatic heterocycles. The third kappa shape index (κ3) is 2.62. The van der Waals surface area contributed by atoms with Gasteiger partial charge in [-0.3, -0.25) is 4.79 Å². The fraction of sp³-hybridized carbons (Fsp3) is 0.889. The summed E-state index contributed by atoms with van der Waals surface area (Å²) >= 11 is 0. The Balaban J connectivity index is 1.32. The van der Waals surface area contributed by atoms with Gasteiger partial charge in [0, 0.05) is 30.1 Å². The van der Waals surface area contributed by atoms with Crippen LogP contribution in [0.5, 0.6) is 0 Å². The van der Waals surface area contributed by atoms with E-state index in [4.69, 9.17) is 9.47 Å². The van der Waals surface area contributed by atoms with Gasteiger partial charge in [0.1, 0.15) is 0 Å². The highest BCUT2D eigenvalue weighted by atomic mass is 16.7. The first-order valence-corrected chi connectivity index (χ1v) is 12.9. The molecule has 7 unspecified atom stereocenters. The molecule has 0 aromatic rings. The Morgan fingerprint density at radius 3 is 2.61 bits per heavy atom. The molecule has 2 heterocycles. The second-order valence-electron chi connectivity index (χ2n) is 12.6. The van der Waals surface area contributed by atoms with Gasteiger partial charge in [-0.25, -0.2) is 0 Å². The number of hydrogen-bond acceptors (Lipinski definition) is 4. The van der Waals surface area contributed by atoms with Gasteiger partial charge in [-0.15, -0.1) is 0 Å². The quantitative estimate of drug-likeness (QED) is 0.597. The van der Waals surface area contributed by atoms with Crippen LogP contribution in [0.2, 0.25) is 0 Å². The van der Waals surface area contributed by atoms with E-state index in [0.717, 1.165) is 38.7 Å². The molecule has 2 aliphatic heterocycles. The molecule has 1 spiro atoms. The van der Waals surface area contributed by atoms with Crippen molar-refractivity contribution in [1.82, 2.24) is 0 Å². The lowest BCUT2D eigenvalue weighted by molar-refractivity contribution is -0.273. The minimum atomic E-state index is -0.426. The van der Waals surface area contributed by atoms with E-state index in [0.29, 0.717) is 47.7 Å². The van der Waals surface area contributed by atoms with Gasteiger partial charge in [0.25, 0.3) is 0 Å². The Hall–Kier alpha value is -0.710. The minimum absolute atomic E-state index is 0.0904. The molecule has 4 heteroatoms. The van der Waals surface area contributed by atoms with Gasteiger partial charge < -0.3 is 14.6 Å². The van der Waals surface area contributed by atoms with Crippen molar-refractivity contribution in [2.24, 2.45) is 46.3 Å². The Morgan fingerprint density at radius 2 is 1.87 bits per heavy atom. The van der Waals surface area contributed by atoms with Gasteiger partial charge in [0.15, 0.2) is 11.6 Å². The second-order valence-corrected chi connectivity index (χ2v) is 12.6. The van der Waals surface area contributed by atoms with Crippen LogP contribution >= 0.6 is 0 Å². The van der Waals surface area contributed by atoms with E-state index in [9.17, 15) is 9.90 Å². The summed E-state index contributed by atoms with van der Waals surface area (Å²) in [6.07, 6.45) is 9.83. The average Bonchev–Trinajstić information content (AvgIpc) is 3.18. The predicted molar refractivity (Wildman–Crippen MR) is 118 cm³/mol. The molecule has 1 N–H and O–H groups in total. The van der Waals surface area contributed by atoms with Crippen LogP contribution in [0.4, 0.5) is 0 Å². The summed E-state index contributed by atoms with van der Waals surface area (Å²) < 4.78 is 13.2. The van der Waals surface area contributed by atoms with Crippen LogP contribution in [-0.4, -0.2) is 35.5 Å². The zero-order valence-corrected chi connectivity index (χ0v) is 19.7. The van der Waals surface area contributed by atoms with Crippen molar-refractivity contribution in [3.8, 4) is 0 Å². The zero-order valence-electron chi connectivity index (χ0n) is 19.7. The molecule has 3 saturated carbocycles. The first-order chi connectivity index (χ1) is 14.7. The van der Waals surface area contributed by atoms with Crippen LogP contribution in [0.15, 0.2) is 11.6 Å². The molecule has 0 amide bonds. The highest BCUT2D eigenvalue weighted by Crippen LogP contribution is 2.70. The highest BCUT2D eigenvalue weighted by Gasteiger charge is 2.71. The molecule has 11 atom stereocenters. The summed E-state index contributed by atoms with van der Waals surface area (Å²) in [7, 11) is 0. The van der Waals surface area contributed by atoms with Crippen molar-refractivity contribution < 1.29 is 19.4 Å². The second kappa shape index (κ2) is 6.67. The molecular weight excluding hydrogens is 388 g/mol. The fourth-order valence-electron chi connectivity index (χ4n) is 9.52. The van der Waals surface area contributed by atoms with E-state index in [-0.39, 0.29) is 23.0 Å². The topological polar surface area (TPSA) is 55.8 Å². The summed E-state index contributed by atoms with van der Waals surface area (Å²) in [6.45, 7) is 10.2. The minimum Gasteiger partial charge on any atom is -0.393 e. The van der Waals surface area contributed by atoms with Crippen molar-refractivity contribution in [1.29, 1.82) is 0 Å². The number of carbonyl (C=O) groups is 1. The standard InChI is InChI=1S/C27H40O4/c1-15-7-10-27(30-14-15)16(2)24-22(31-27)12-21-19-6-5-17-11-18(28)8-9-25(17,3)20(19)13-23(29)26(21,24)4/h11,15-16,19-24,29H,5-10,12-14H2,1-4H3/t15?,16-,19?,20?,21?,22?,23-,24?,25-,26+,27?/m0/s1. The summed E-state index contributed by atoms with van der Waals surface area (Å²) in [6, 6.07) is 0. The first kappa shape index (κ1) is 20.9. The molecule has 4 nitrogen and oxygen atoms in total. The van der Waals surface area contributed by atoms with Crippen molar-refractivity contribution >= 4 is 5.78 Å². The number of allylic oxidation sites excluding steroid dienone is 1. The van der Waals surface area contributed by atoms with Crippen molar-refractivity contribution in [2.45, 2.75) is 97.1 Å². The van der Waals surface area contributed by atoms with Crippen LogP contribution in [0.25, 0.3) is 0 Å². The van der Waals surface area contributed by atoms with E-state index >= 15 is 0 Å². The normalized spacial score (nSPS) is 58.4. The van der Waals surface area contributed by atoms with E-state index in [1.54, 1.807) is 0 Å². The lowest BCUT2D eigenvalue weighted by Gasteiger charge is -2.60. The summed E-state index contributed by atoms with van der Waals surface area (Å²) in [4.78, 5) is 12.1. The molecule has 6 rings (SSSR count). The number of carbonyl (C=O) groups excluding carboxylic acids is 1. The molecule has 6 aliphatic rings. The lowest BCUT2D eigenvalue weighted by Crippen LogP contribution is -2.58. The summed E-state index contributed by atoms with van der Waals surface area (Å²) in [5.41, 5.74) is 1.36. The highest BCUT2D eigenvalue weighted by molar-refractivity contribution is 5.91. The van der Waals surface area contributed by atoms with Crippen LogP contribution < -0.4 is 0 Å². The maximum absolute atomic E-state index is 12.1. The predicted octanol–water partition coefficient (Wildman–Crippen LogP) is 4.89. The zero-order chi connectivity index (χ0) is 21.8. The van der Waals surface area contributed by atoms with Crippen molar-refractivity contribution in [3.63, 3.8) is 0 Å². The van der Waals surface area contributed by atoms with Crippen molar-refractivity contribution in [2.75, 3.05) is 6.61 Å². The number of hydrogen-bond donors (Lipinski definition) is 1. The first-order valence-electron chi connectivity index (χ1n) is 12.9. The monoisotopic (exact) mass is 428 g/mol. The van der Waals surface area contributed by atoms with E-state index in [1.807, 2.05) is 6.08 Å². The summed E-state index contributed by atoms with van der Waals surface area (Å²) in [5.74, 6) is 2.82. The SMILES string of the molecule is CC1CCC2(OC1)OC1CC3C4CCC5=CC(=O)CC[C@]5(C)C4C[C@H](O)[C@]3(C)C1[C@@H]2C. The van der Waals surface area contributed by atoms with Crippen LogP contribution in [0.3, 0.4) is 0 Å². The van der Waals surface area contributed by atoms with Gasteiger partial charge in [-0.05, 0) is 73.7 Å². The number of aliphatic hydroxyl groups excluding tert-OH is 1. The third-order valence-corrected chi connectivity index (χ3v) is 11.3. The van der Waals surface area contributed by atoms with Gasteiger partial charge >= 0.3 is 0 Å². The Bertz CT molecular complexity index is 810. The molecular formula is C27H40O4. The number of ketones is 1. The number of fused-ring (bicyclic) bond motifs is 7. The van der Waals surface area contributed by atoms with E-state index < -0.39 is 5.79 Å². The van der Waals surface area contributed by atoms with Crippen LogP contribution in [-0.2, 0) is 14.3 Å². The molecule has 0 radical (unpaired) electrons. The largest absolute Gasteiger partial charge is 0.393 e. The number of rotatable bonds is 0. The van der Waals surface area contributed by atoms with E-state index in [1.165, 1.54) is 18.4 Å². The van der Waals surface area contributed by atoms with Crippen LogP contribution in [0.1, 0.15) is 79.1 Å². The van der Waals surface area contributed by atoms with Gasteiger partial charge in [0.2, 0.25) is 0 Å².